The Balaban J connectivity index is 1.86. The third kappa shape index (κ3) is 4.24. The van der Waals surface area contributed by atoms with Crippen LogP contribution < -0.4 is 16.0 Å². The summed E-state index contributed by atoms with van der Waals surface area (Å²) in [7, 11) is 0. The van der Waals surface area contributed by atoms with Crippen molar-refractivity contribution in [1.82, 2.24) is 9.55 Å². The molecule has 2 aromatic heterocycles. The van der Waals surface area contributed by atoms with Crippen LogP contribution in [0.15, 0.2) is 63.5 Å². The standard InChI is InChI=1S/C21H12ClF3N2O5S/c22-12-7-6-11(32-17(21(23,24)25)10-4-2-1-3-5-10)8-14(12)27-18(28)15-13(26-20(27)31)9-33-16(15)19(29)30/h1-9,17H,(H,26,31)(H,29,30). The van der Waals surface area contributed by atoms with Gasteiger partial charge in [-0.1, -0.05) is 41.9 Å². The first-order chi connectivity index (χ1) is 15.6. The molecule has 12 heteroatoms. The Kier molecular flexibility index (Phi) is 5.76. The largest absolute Gasteiger partial charge is 0.477 e. The molecule has 4 aromatic rings. The number of alkyl halides is 3. The lowest BCUT2D eigenvalue weighted by atomic mass is 10.1. The van der Waals surface area contributed by atoms with Gasteiger partial charge in [0.2, 0.25) is 6.10 Å². The van der Waals surface area contributed by atoms with E-state index in [1.807, 2.05) is 0 Å². The molecule has 2 heterocycles. The molecule has 0 bridgehead atoms. The Bertz CT molecular complexity index is 1480. The highest BCUT2D eigenvalue weighted by molar-refractivity contribution is 7.13. The molecular weight excluding hydrogens is 485 g/mol. The zero-order valence-electron chi connectivity index (χ0n) is 16.2. The molecule has 4 rings (SSSR count). The van der Waals surface area contributed by atoms with Gasteiger partial charge in [0.15, 0.2) is 0 Å². The number of aromatic nitrogens is 2. The normalized spacial score (nSPS) is 12.6. The maximum atomic E-state index is 13.7. The van der Waals surface area contributed by atoms with Crippen molar-refractivity contribution >= 4 is 39.8 Å². The summed E-state index contributed by atoms with van der Waals surface area (Å²) in [5, 5.41) is 10.2. The van der Waals surface area contributed by atoms with E-state index in [9.17, 15) is 32.7 Å². The van der Waals surface area contributed by atoms with Gasteiger partial charge in [-0.2, -0.15) is 13.2 Å². The fourth-order valence-electron chi connectivity index (χ4n) is 3.24. The number of nitrogens with zero attached hydrogens (tertiary/aromatic N) is 1. The third-order valence-corrected chi connectivity index (χ3v) is 5.95. The summed E-state index contributed by atoms with van der Waals surface area (Å²) in [5.74, 6) is -1.68. The van der Waals surface area contributed by atoms with Crippen molar-refractivity contribution < 1.29 is 27.8 Å². The molecule has 0 amide bonds. The fraction of sp³-hybridized carbons (Fsp3) is 0.0952. The van der Waals surface area contributed by atoms with Gasteiger partial charge >= 0.3 is 17.8 Å². The van der Waals surface area contributed by atoms with Crippen LogP contribution in [0.4, 0.5) is 13.2 Å². The predicted molar refractivity (Wildman–Crippen MR) is 116 cm³/mol. The van der Waals surface area contributed by atoms with Gasteiger partial charge in [0.1, 0.15) is 10.6 Å². The number of thiophene rings is 1. The monoisotopic (exact) mass is 496 g/mol. The van der Waals surface area contributed by atoms with E-state index in [1.165, 1.54) is 41.8 Å². The molecule has 0 saturated carbocycles. The average Bonchev–Trinajstić information content (AvgIpc) is 3.18. The van der Waals surface area contributed by atoms with E-state index in [4.69, 9.17) is 16.3 Å². The number of rotatable bonds is 5. The third-order valence-electron chi connectivity index (χ3n) is 4.66. The van der Waals surface area contributed by atoms with E-state index in [2.05, 4.69) is 4.98 Å². The van der Waals surface area contributed by atoms with Gasteiger partial charge in [0, 0.05) is 17.0 Å². The number of benzene rings is 2. The maximum absolute atomic E-state index is 13.7. The van der Waals surface area contributed by atoms with Gasteiger partial charge in [0.05, 0.1) is 21.6 Å². The molecule has 0 saturated heterocycles. The second-order valence-electron chi connectivity index (χ2n) is 6.79. The summed E-state index contributed by atoms with van der Waals surface area (Å²) in [4.78, 5) is 39.1. The summed E-state index contributed by atoms with van der Waals surface area (Å²) < 4.78 is 46.7. The van der Waals surface area contributed by atoms with Crippen molar-refractivity contribution in [3.63, 3.8) is 0 Å². The first-order valence-corrected chi connectivity index (χ1v) is 10.4. The summed E-state index contributed by atoms with van der Waals surface area (Å²) in [6.45, 7) is 0. The summed E-state index contributed by atoms with van der Waals surface area (Å²) in [6, 6.07) is 10.3. The van der Waals surface area contributed by atoms with Crippen molar-refractivity contribution in [1.29, 1.82) is 0 Å². The number of nitrogens with one attached hydrogen (secondary N) is 1. The topological polar surface area (TPSA) is 101 Å². The van der Waals surface area contributed by atoms with Crippen LogP contribution in [-0.4, -0.2) is 26.8 Å². The average molecular weight is 497 g/mol. The predicted octanol–water partition coefficient (Wildman–Crippen LogP) is 4.77. The van der Waals surface area contributed by atoms with Crippen LogP contribution >= 0.6 is 22.9 Å². The molecule has 170 valence electrons. The van der Waals surface area contributed by atoms with E-state index >= 15 is 0 Å². The van der Waals surface area contributed by atoms with Crippen molar-refractivity contribution in [3.8, 4) is 11.4 Å². The zero-order valence-corrected chi connectivity index (χ0v) is 17.8. The number of hydrogen-bond acceptors (Lipinski definition) is 5. The SMILES string of the molecule is O=C(O)c1scc2[nH]c(=O)n(-c3cc(OC(c4ccccc4)C(F)(F)F)ccc3Cl)c(=O)c12. The molecule has 0 aliphatic heterocycles. The quantitative estimate of drug-likeness (QED) is 0.414. The Morgan fingerprint density at radius 3 is 2.48 bits per heavy atom. The van der Waals surface area contributed by atoms with E-state index in [1.54, 1.807) is 6.07 Å². The van der Waals surface area contributed by atoms with Gasteiger partial charge in [-0.3, -0.25) is 4.79 Å². The highest BCUT2D eigenvalue weighted by Crippen LogP contribution is 2.37. The van der Waals surface area contributed by atoms with Crippen molar-refractivity contribution in [2.45, 2.75) is 12.3 Å². The van der Waals surface area contributed by atoms with Crippen LogP contribution in [0, 0.1) is 0 Å². The summed E-state index contributed by atoms with van der Waals surface area (Å²) >= 11 is 6.89. The molecule has 33 heavy (non-hydrogen) atoms. The molecule has 0 spiro atoms. The van der Waals surface area contributed by atoms with Crippen LogP contribution in [0.5, 0.6) is 5.75 Å². The van der Waals surface area contributed by atoms with Crippen LogP contribution in [0.1, 0.15) is 21.3 Å². The number of aromatic carboxylic acids is 1. The molecular formula is C21H12ClF3N2O5S. The summed E-state index contributed by atoms with van der Waals surface area (Å²) in [6.07, 6.45) is -7.08. The minimum Gasteiger partial charge on any atom is -0.477 e. The zero-order chi connectivity index (χ0) is 23.9. The number of aromatic amines is 1. The van der Waals surface area contributed by atoms with Crippen LogP contribution in [0.25, 0.3) is 16.6 Å². The Hall–Kier alpha value is -3.57. The van der Waals surface area contributed by atoms with Crippen LogP contribution in [0.3, 0.4) is 0 Å². The molecule has 2 N–H and O–H groups in total. The second kappa shape index (κ2) is 8.41. The molecule has 0 aliphatic rings. The van der Waals surface area contributed by atoms with Gasteiger partial charge in [-0.25, -0.2) is 14.2 Å². The minimum atomic E-state index is -4.76. The molecule has 7 nitrogen and oxygen atoms in total. The molecule has 0 aliphatic carbocycles. The van der Waals surface area contributed by atoms with Crippen LogP contribution in [0.2, 0.25) is 5.02 Å². The van der Waals surface area contributed by atoms with Crippen molar-refractivity contribution in [2.24, 2.45) is 0 Å². The molecule has 2 aromatic carbocycles. The number of carboxylic acid groups (broad SMARTS) is 1. The fourth-order valence-corrected chi connectivity index (χ4v) is 4.27. The Labute approximate surface area is 191 Å². The van der Waals surface area contributed by atoms with Gasteiger partial charge in [-0.15, -0.1) is 11.3 Å². The minimum absolute atomic E-state index is 0.0217. The lowest BCUT2D eigenvalue weighted by Gasteiger charge is -2.22. The first-order valence-electron chi connectivity index (χ1n) is 9.16. The lowest BCUT2D eigenvalue weighted by Crippen LogP contribution is -2.34. The van der Waals surface area contributed by atoms with E-state index in [0.717, 1.165) is 17.4 Å². The van der Waals surface area contributed by atoms with E-state index in [-0.39, 0.29) is 37.8 Å². The second-order valence-corrected chi connectivity index (χ2v) is 8.08. The maximum Gasteiger partial charge on any atom is 0.429 e. The van der Waals surface area contributed by atoms with Crippen molar-refractivity contribution in [2.75, 3.05) is 0 Å². The first kappa shape index (κ1) is 22.6. The number of H-pyrrole nitrogens is 1. The highest BCUT2D eigenvalue weighted by Gasteiger charge is 2.43. The number of carboxylic acids is 1. The number of halogens is 4. The number of ether oxygens (including phenoxy) is 1. The number of fused-ring (bicyclic) bond motifs is 1. The van der Waals surface area contributed by atoms with Gasteiger partial charge < -0.3 is 14.8 Å². The Morgan fingerprint density at radius 1 is 1.15 bits per heavy atom. The molecule has 1 unspecified atom stereocenters. The van der Waals surface area contributed by atoms with Gasteiger partial charge in [0.25, 0.3) is 5.56 Å². The highest BCUT2D eigenvalue weighted by atomic mass is 35.5. The lowest BCUT2D eigenvalue weighted by molar-refractivity contribution is -0.198. The van der Waals surface area contributed by atoms with Gasteiger partial charge in [-0.05, 0) is 12.1 Å². The van der Waals surface area contributed by atoms with Crippen LogP contribution in [-0.2, 0) is 0 Å². The summed E-state index contributed by atoms with van der Waals surface area (Å²) in [5.41, 5.74) is -2.33. The Morgan fingerprint density at radius 2 is 1.85 bits per heavy atom. The van der Waals surface area contributed by atoms with E-state index < -0.39 is 29.5 Å². The van der Waals surface area contributed by atoms with Crippen molar-refractivity contribution in [3.05, 3.63) is 90.2 Å². The molecule has 0 radical (unpaired) electrons. The number of carbonyl (C=O) groups is 1. The number of hydrogen-bond donors (Lipinski definition) is 2. The molecule has 0 fully saturated rings. The molecule has 1 atom stereocenters. The van der Waals surface area contributed by atoms with E-state index in [0.29, 0.717) is 4.57 Å². The smallest absolute Gasteiger partial charge is 0.429 e.